The maximum absolute atomic E-state index is 11.9. The molecule has 3 N–H and O–H groups in total. The summed E-state index contributed by atoms with van der Waals surface area (Å²) in [5.74, 6) is 0.456. The topological polar surface area (TPSA) is 64.3 Å². The predicted molar refractivity (Wildman–Crippen MR) is 68.1 cm³/mol. The van der Waals surface area contributed by atoms with E-state index in [1.54, 1.807) is 24.3 Å². The zero-order valence-electron chi connectivity index (χ0n) is 9.59. The lowest BCUT2D eigenvalue weighted by molar-refractivity contribution is 0.0756. The molecule has 3 rings (SSSR count). The first-order valence-electron chi connectivity index (χ1n) is 5.66. The summed E-state index contributed by atoms with van der Waals surface area (Å²) in [4.78, 5) is 11.9. The molecule has 1 aliphatic heterocycles. The van der Waals surface area contributed by atoms with Gasteiger partial charge in [0.15, 0.2) is 6.23 Å². The van der Waals surface area contributed by atoms with Gasteiger partial charge in [0.1, 0.15) is 5.75 Å². The Morgan fingerprint density at radius 1 is 1.11 bits per heavy atom. The molecule has 0 saturated carbocycles. The molecular weight excluding hydrogens is 228 g/mol. The van der Waals surface area contributed by atoms with Crippen LogP contribution >= 0.6 is 0 Å². The molecule has 1 aliphatic rings. The van der Waals surface area contributed by atoms with E-state index in [0.29, 0.717) is 17.0 Å². The number of benzene rings is 2. The molecule has 0 aromatic heterocycles. The summed E-state index contributed by atoms with van der Waals surface area (Å²) < 4.78 is 5.76. The molecule has 4 heteroatoms. The first kappa shape index (κ1) is 10.7. The number of nitrogen functional groups attached to an aromatic ring is 1. The molecule has 0 radical (unpaired) electrons. The molecule has 0 aliphatic carbocycles. The van der Waals surface area contributed by atoms with Crippen molar-refractivity contribution in [2.75, 3.05) is 5.73 Å². The summed E-state index contributed by atoms with van der Waals surface area (Å²) in [5, 5.41) is 2.80. The van der Waals surface area contributed by atoms with E-state index in [2.05, 4.69) is 5.32 Å². The van der Waals surface area contributed by atoms with Crippen LogP contribution in [0.5, 0.6) is 5.75 Å². The Morgan fingerprint density at radius 3 is 2.78 bits per heavy atom. The van der Waals surface area contributed by atoms with E-state index in [1.807, 2.05) is 24.3 Å². The van der Waals surface area contributed by atoms with Crippen LogP contribution in [0.3, 0.4) is 0 Å². The average molecular weight is 240 g/mol. The van der Waals surface area contributed by atoms with Gasteiger partial charge < -0.3 is 15.8 Å². The lowest BCUT2D eigenvalue weighted by atomic mass is 10.1. The molecule has 1 unspecified atom stereocenters. The fourth-order valence-electron chi connectivity index (χ4n) is 1.98. The van der Waals surface area contributed by atoms with Crippen LogP contribution in [0, 0.1) is 0 Å². The van der Waals surface area contributed by atoms with E-state index in [4.69, 9.17) is 10.5 Å². The Hall–Kier alpha value is -2.49. The van der Waals surface area contributed by atoms with Gasteiger partial charge in [0.2, 0.25) is 0 Å². The van der Waals surface area contributed by atoms with Crippen molar-refractivity contribution < 1.29 is 9.53 Å². The van der Waals surface area contributed by atoms with Gasteiger partial charge in [0.05, 0.1) is 5.56 Å². The molecule has 1 heterocycles. The van der Waals surface area contributed by atoms with Crippen molar-refractivity contribution in [2.45, 2.75) is 6.23 Å². The van der Waals surface area contributed by atoms with Crippen molar-refractivity contribution in [3.63, 3.8) is 0 Å². The minimum Gasteiger partial charge on any atom is -0.466 e. The van der Waals surface area contributed by atoms with Gasteiger partial charge in [0.25, 0.3) is 5.91 Å². The van der Waals surface area contributed by atoms with Gasteiger partial charge in [-0.1, -0.05) is 24.3 Å². The highest BCUT2D eigenvalue weighted by atomic mass is 16.5. The van der Waals surface area contributed by atoms with E-state index < -0.39 is 6.23 Å². The number of nitrogens with two attached hydrogens (primary N) is 1. The summed E-state index contributed by atoms with van der Waals surface area (Å²) in [5.41, 5.74) is 7.75. The SMILES string of the molecule is Nc1cccc(C2NC(=O)c3ccccc3O2)c1. The van der Waals surface area contributed by atoms with Crippen molar-refractivity contribution in [3.8, 4) is 5.75 Å². The number of rotatable bonds is 1. The van der Waals surface area contributed by atoms with Crippen LogP contribution in [0.4, 0.5) is 5.69 Å². The van der Waals surface area contributed by atoms with Crippen LogP contribution in [-0.4, -0.2) is 5.91 Å². The molecule has 4 nitrogen and oxygen atoms in total. The van der Waals surface area contributed by atoms with Gasteiger partial charge >= 0.3 is 0 Å². The monoisotopic (exact) mass is 240 g/mol. The lowest BCUT2D eigenvalue weighted by Gasteiger charge is -2.27. The smallest absolute Gasteiger partial charge is 0.258 e. The molecule has 0 spiro atoms. The van der Waals surface area contributed by atoms with E-state index in [0.717, 1.165) is 5.56 Å². The highest BCUT2D eigenvalue weighted by Gasteiger charge is 2.25. The van der Waals surface area contributed by atoms with Crippen LogP contribution < -0.4 is 15.8 Å². The third kappa shape index (κ3) is 1.78. The van der Waals surface area contributed by atoms with Gasteiger partial charge in [-0.3, -0.25) is 4.79 Å². The number of amides is 1. The second-order valence-electron chi connectivity index (χ2n) is 4.14. The van der Waals surface area contributed by atoms with E-state index in [-0.39, 0.29) is 5.91 Å². The van der Waals surface area contributed by atoms with E-state index in [1.165, 1.54) is 0 Å². The normalized spacial score (nSPS) is 17.6. The highest BCUT2D eigenvalue weighted by molar-refractivity contribution is 5.98. The molecule has 90 valence electrons. The first-order chi connectivity index (χ1) is 8.74. The van der Waals surface area contributed by atoms with Gasteiger partial charge in [-0.2, -0.15) is 0 Å². The Morgan fingerprint density at radius 2 is 1.94 bits per heavy atom. The summed E-state index contributed by atoms with van der Waals surface area (Å²) in [6.07, 6.45) is -0.490. The minimum atomic E-state index is -0.490. The molecule has 0 saturated heterocycles. The Bertz CT molecular complexity index is 610. The fourth-order valence-corrected chi connectivity index (χ4v) is 1.98. The zero-order chi connectivity index (χ0) is 12.5. The highest BCUT2D eigenvalue weighted by Crippen LogP contribution is 2.29. The third-order valence-electron chi connectivity index (χ3n) is 2.85. The van der Waals surface area contributed by atoms with Crippen molar-refractivity contribution in [1.82, 2.24) is 5.32 Å². The summed E-state index contributed by atoms with van der Waals surface area (Å²) in [6, 6.07) is 14.5. The van der Waals surface area contributed by atoms with E-state index >= 15 is 0 Å². The average Bonchev–Trinajstić information content (AvgIpc) is 2.39. The van der Waals surface area contributed by atoms with Crippen LogP contribution in [0.2, 0.25) is 0 Å². The summed E-state index contributed by atoms with van der Waals surface area (Å²) in [7, 11) is 0. The fraction of sp³-hybridized carbons (Fsp3) is 0.0714. The van der Waals surface area contributed by atoms with E-state index in [9.17, 15) is 4.79 Å². The van der Waals surface area contributed by atoms with Crippen molar-refractivity contribution in [1.29, 1.82) is 0 Å². The number of carbonyl (C=O) groups is 1. The minimum absolute atomic E-state index is 0.135. The standard InChI is InChI=1S/C14H12N2O2/c15-10-5-3-4-9(8-10)14-16-13(17)11-6-1-2-7-12(11)18-14/h1-8,14H,15H2,(H,16,17). The van der Waals surface area contributed by atoms with Crippen LogP contribution in [0.1, 0.15) is 22.1 Å². The molecular formula is C14H12N2O2. The number of ether oxygens (including phenoxy) is 1. The molecule has 1 atom stereocenters. The molecule has 2 aromatic carbocycles. The number of fused-ring (bicyclic) bond motifs is 1. The van der Waals surface area contributed by atoms with Gasteiger partial charge in [0, 0.05) is 11.3 Å². The van der Waals surface area contributed by atoms with Crippen molar-refractivity contribution in [3.05, 3.63) is 59.7 Å². The number of hydrogen-bond donors (Lipinski definition) is 2. The number of nitrogens with one attached hydrogen (secondary N) is 1. The molecule has 0 bridgehead atoms. The summed E-state index contributed by atoms with van der Waals surface area (Å²) >= 11 is 0. The second kappa shape index (κ2) is 4.07. The Kier molecular flexibility index (Phi) is 2.41. The number of hydrogen-bond acceptors (Lipinski definition) is 3. The number of carbonyl (C=O) groups excluding carboxylic acids is 1. The van der Waals surface area contributed by atoms with Crippen LogP contribution in [-0.2, 0) is 0 Å². The first-order valence-corrected chi connectivity index (χ1v) is 5.66. The molecule has 1 amide bonds. The van der Waals surface area contributed by atoms with Crippen LogP contribution in [0.25, 0.3) is 0 Å². The Balaban J connectivity index is 1.97. The zero-order valence-corrected chi connectivity index (χ0v) is 9.59. The molecule has 18 heavy (non-hydrogen) atoms. The van der Waals surface area contributed by atoms with Gasteiger partial charge in [-0.05, 0) is 24.3 Å². The molecule has 0 fully saturated rings. The third-order valence-corrected chi connectivity index (χ3v) is 2.85. The maximum Gasteiger partial charge on any atom is 0.258 e. The number of anilines is 1. The maximum atomic E-state index is 11.9. The van der Waals surface area contributed by atoms with Crippen LogP contribution in [0.15, 0.2) is 48.5 Å². The lowest BCUT2D eigenvalue weighted by Crippen LogP contribution is -2.36. The second-order valence-corrected chi connectivity index (χ2v) is 4.14. The van der Waals surface area contributed by atoms with Gasteiger partial charge in [-0.25, -0.2) is 0 Å². The largest absolute Gasteiger partial charge is 0.466 e. The quantitative estimate of drug-likeness (QED) is 0.750. The van der Waals surface area contributed by atoms with Crippen molar-refractivity contribution in [2.24, 2.45) is 0 Å². The predicted octanol–water partition coefficient (Wildman–Crippen LogP) is 2.09. The number of para-hydroxylation sites is 1. The van der Waals surface area contributed by atoms with Gasteiger partial charge in [-0.15, -0.1) is 0 Å². The Labute approximate surface area is 104 Å². The van der Waals surface area contributed by atoms with Crippen molar-refractivity contribution >= 4 is 11.6 Å². The summed E-state index contributed by atoms with van der Waals surface area (Å²) in [6.45, 7) is 0. The molecule has 2 aromatic rings.